The van der Waals surface area contributed by atoms with Gasteiger partial charge >= 0.3 is 0 Å². The summed E-state index contributed by atoms with van der Waals surface area (Å²) in [5, 5.41) is 6.61. The smallest absolute Gasteiger partial charge is 0.215 e. The van der Waals surface area contributed by atoms with Crippen molar-refractivity contribution in [2.75, 3.05) is 7.11 Å². The standard InChI is InChI=1S/C10H9N5O/c1-16-8-3-2-7-10(14-8)15-9(13-7)6-4-11-12-5-6/h2-5H,1H3,(H,11,12)(H,13,14,15). The number of hydrogen-bond donors (Lipinski definition) is 2. The Bertz CT molecular complexity index is 613. The lowest BCUT2D eigenvalue weighted by atomic mass is 10.3. The molecule has 16 heavy (non-hydrogen) atoms. The van der Waals surface area contributed by atoms with E-state index in [-0.39, 0.29) is 0 Å². The Balaban J connectivity index is 2.16. The van der Waals surface area contributed by atoms with Crippen LogP contribution in [-0.4, -0.2) is 32.3 Å². The number of rotatable bonds is 2. The largest absolute Gasteiger partial charge is 0.481 e. The number of methoxy groups -OCH3 is 1. The molecule has 0 saturated carbocycles. The molecule has 0 amide bonds. The third kappa shape index (κ3) is 1.31. The summed E-state index contributed by atoms with van der Waals surface area (Å²) in [5.41, 5.74) is 2.41. The summed E-state index contributed by atoms with van der Waals surface area (Å²) in [7, 11) is 1.58. The Hall–Kier alpha value is -2.37. The fourth-order valence-electron chi connectivity index (χ4n) is 1.51. The van der Waals surface area contributed by atoms with E-state index in [0.29, 0.717) is 11.5 Å². The third-order valence-electron chi connectivity index (χ3n) is 2.30. The fourth-order valence-corrected chi connectivity index (χ4v) is 1.51. The topological polar surface area (TPSA) is 79.5 Å². The molecule has 0 bridgehead atoms. The normalized spacial score (nSPS) is 10.8. The van der Waals surface area contributed by atoms with Crippen molar-refractivity contribution in [3.63, 3.8) is 0 Å². The Morgan fingerprint density at radius 2 is 2.19 bits per heavy atom. The number of aromatic nitrogens is 5. The van der Waals surface area contributed by atoms with Gasteiger partial charge in [0.2, 0.25) is 5.88 Å². The van der Waals surface area contributed by atoms with Crippen molar-refractivity contribution in [1.29, 1.82) is 0 Å². The molecule has 0 saturated heterocycles. The average molecular weight is 215 g/mol. The van der Waals surface area contributed by atoms with Gasteiger partial charge in [-0.05, 0) is 6.07 Å². The van der Waals surface area contributed by atoms with E-state index in [4.69, 9.17) is 4.74 Å². The highest BCUT2D eigenvalue weighted by Crippen LogP contribution is 2.19. The van der Waals surface area contributed by atoms with Crippen LogP contribution in [0.15, 0.2) is 24.5 Å². The molecule has 3 aromatic heterocycles. The minimum atomic E-state index is 0.553. The van der Waals surface area contributed by atoms with E-state index in [9.17, 15) is 0 Å². The van der Waals surface area contributed by atoms with Crippen LogP contribution >= 0.6 is 0 Å². The number of pyridine rings is 1. The maximum Gasteiger partial charge on any atom is 0.215 e. The zero-order valence-corrected chi connectivity index (χ0v) is 8.56. The number of nitrogens with zero attached hydrogens (tertiary/aromatic N) is 3. The van der Waals surface area contributed by atoms with Crippen LogP contribution in [0, 0.1) is 0 Å². The van der Waals surface area contributed by atoms with Gasteiger partial charge in [0.25, 0.3) is 0 Å². The van der Waals surface area contributed by atoms with Gasteiger partial charge < -0.3 is 9.72 Å². The Morgan fingerprint density at radius 1 is 1.25 bits per heavy atom. The van der Waals surface area contributed by atoms with Gasteiger partial charge in [0.1, 0.15) is 5.82 Å². The van der Waals surface area contributed by atoms with E-state index in [2.05, 4.69) is 25.1 Å². The first-order chi connectivity index (χ1) is 7.86. The molecule has 0 unspecified atom stereocenters. The molecule has 6 nitrogen and oxygen atoms in total. The van der Waals surface area contributed by atoms with Gasteiger partial charge in [-0.3, -0.25) is 5.10 Å². The van der Waals surface area contributed by atoms with Crippen LogP contribution in [0.1, 0.15) is 0 Å². The molecule has 0 atom stereocenters. The number of fused-ring (bicyclic) bond motifs is 1. The molecule has 0 fully saturated rings. The van der Waals surface area contributed by atoms with E-state index in [1.807, 2.05) is 6.07 Å². The van der Waals surface area contributed by atoms with Crippen molar-refractivity contribution < 1.29 is 4.74 Å². The molecule has 0 aromatic carbocycles. The van der Waals surface area contributed by atoms with Gasteiger partial charge in [0.05, 0.1) is 24.4 Å². The molecular formula is C10H9N5O. The minimum absolute atomic E-state index is 0.553. The second-order valence-corrected chi connectivity index (χ2v) is 3.30. The SMILES string of the molecule is COc1ccc2[nH]c(-c3cn[nH]c3)nc2n1. The van der Waals surface area contributed by atoms with E-state index in [0.717, 1.165) is 16.9 Å². The molecule has 0 spiro atoms. The van der Waals surface area contributed by atoms with E-state index in [1.165, 1.54) is 0 Å². The lowest BCUT2D eigenvalue weighted by molar-refractivity contribution is 0.399. The predicted molar refractivity (Wildman–Crippen MR) is 58.0 cm³/mol. The maximum atomic E-state index is 5.04. The summed E-state index contributed by atoms with van der Waals surface area (Å²) in [6, 6.07) is 3.68. The van der Waals surface area contributed by atoms with Crippen molar-refractivity contribution in [3.05, 3.63) is 24.5 Å². The van der Waals surface area contributed by atoms with Crippen molar-refractivity contribution in [2.24, 2.45) is 0 Å². The van der Waals surface area contributed by atoms with Gasteiger partial charge in [0, 0.05) is 12.3 Å². The van der Waals surface area contributed by atoms with Crippen LogP contribution in [0.25, 0.3) is 22.6 Å². The van der Waals surface area contributed by atoms with Gasteiger partial charge in [0.15, 0.2) is 5.65 Å². The van der Waals surface area contributed by atoms with Gasteiger partial charge in [-0.2, -0.15) is 10.1 Å². The lowest BCUT2D eigenvalue weighted by Crippen LogP contribution is -1.86. The van der Waals surface area contributed by atoms with Crippen molar-refractivity contribution in [1.82, 2.24) is 25.1 Å². The summed E-state index contributed by atoms with van der Waals surface area (Å²) in [6.45, 7) is 0. The number of H-pyrrole nitrogens is 2. The number of nitrogens with one attached hydrogen (secondary N) is 2. The number of aromatic amines is 2. The highest BCUT2D eigenvalue weighted by Gasteiger charge is 2.07. The maximum absolute atomic E-state index is 5.04. The average Bonchev–Trinajstić information content (AvgIpc) is 2.96. The van der Waals surface area contributed by atoms with Crippen LogP contribution in [0.2, 0.25) is 0 Å². The number of imidazole rings is 1. The van der Waals surface area contributed by atoms with Gasteiger partial charge in [-0.25, -0.2) is 4.98 Å². The molecule has 0 aliphatic carbocycles. The van der Waals surface area contributed by atoms with Gasteiger partial charge in [-0.1, -0.05) is 0 Å². The first-order valence-corrected chi connectivity index (χ1v) is 4.77. The fraction of sp³-hybridized carbons (Fsp3) is 0.100. The highest BCUT2D eigenvalue weighted by atomic mass is 16.5. The zero-order valence-electron chi connectivity index (χ0n) is 8.56. The Kier molecular flexibility index (Phi) is 1.86. The van der Waals surface area contributed by atoms with Crippen molar-refractivity contribution in [3.8, 4) is 17.3 Å². The van der Waals surface area contributed by atoms with Crippen molar-refractivity contribution in [2.45, 2.75) is 0 Å². The molecule has 0 aliphatic heterocycles. The monoisotopic (exact) mass is 215 g/mol. The molecule has 2 N–H and O–H groups in total. The quantitative estimate of drug-likeness (QED) is 0.676. The van der Waals surface area contributed by atoms with Crippen molar-refractivity contribution >= 4 is 11.2 Å². The van der Waals surface area contributed by atoms with E-state index >= 15 is 0 Å². The summed E-state index contributed by atoms with van der Waals surface area (Å²) < 4.78 is 5.04. The summed E-state index contributed by atoms with van der Waals surface area (Å²) >= 11 is 0. The summed E-state index contributed by atoms with van der Waals surface area (Å²) in [6.07, 6.45) is 3.48. The molecule has 3 heterocycles. The number of hydrogen-bond acceptors (Lipinski definition) is 4. The van der Waals surface area contributed by atoms with Gasteiger partial charge in [-0.15, -0.1) is 0 Å². The van der Waals surface area contributed by atoms with E-state index in [1.54, 1.807) is 25.6 Å². The predicted octanol–water partition coefficient (Wildman–Crippen LogP) is 1.36. The summed E-state index contributed by atoms with van der Waals surface area (Å²) in [5.74, 6) is 1.29. The van der Waals surface area contributed by atoms with Crippen LogP contribution in [0.5, 0.6) is 5.88 Å². The molecule has 80 valence electrons. The molecule has 0 aliphatic rings. The van der Waals surface area contributed by atoms with Crippen LogP contribution in [-0.2, 0) is 0 Å². The third-order valence-corrected chi connectivity index (χ3v) is 2.30. The second-order valence-electron chi connectivity index (χ2n) is 3.30. The molecule has 3 rings (SSSR count). The Morgan fingerprint density at radius 3 is 2.94 bits per heavy atom. The van der Waals surface area contributed by atoms with Crippen LogP contribution in [0.3, 0.4) is 0 Å². The first kappa shape index (κ1) is 8.90. The first-order valence-electron chi connectivity index (χ1n) is 4.77. The zero-order chi connectivity index (χ0) is 11.0. The molecule has 3 aromatic rings. The molecular weight excluding hydrogens is 206 g/mol. The van der Waals surface area contributed by atoms with Crippen LogP contribution < -0.4 is 4.74 Å². The number of ether oxygens (including phenoxy) is 1. The Labute approximate surface area is 90.7 Å². The summed E-state index contributed by atoms with van der Waals surface area (Å²) in [4.78, 5) is 11.7. The molecule has 6 heteroatoms. The lowest BCUT2D eigenvalue weighted by Gasteiger charge is -1.95. The van der Waals surface area contributed by atoms with Crippen LogP contribution in [0.4, 0.5) is 0 Å². The molecule has 0 radical (unpaired) electrons. The minimum Gasteiger partial charge on any atom is -0.481 e. The second kappa shape index (κ2) is 3.34. The highest BCUT2D eigenvalue weighted by molar-refractivity contribution is 5.76. The van der Waals surface area contributed by atoms with E-state index < -0.39 is 0 Å².